The van der Waals surface area contributed by atoms with E-state index in [1.807, 2.05) is 6.07 Å². The Balaban J connectivity index is 2.35. The minimum Gasteiger partial charge on any atom is -0.397 e. The van der Waals surface area contributed by atoms with E-state index in [1.54, 1.807) is 24.3 Å². The Hall–Kier alpha value is -2.38. The lowest BCUT2D eigenvalue weighted by Gasteiger charge is -2.11. The standard InChI is InChI=1S/C15H16N2O4S/c16-14-12(15(19)17-11-5-2-1-3-6-11)7-4-8-13(14)22(20,21)10-9-18/h1-8,18H,9-10,16H2,(H,17,19). The predicted molar refractivity (Wildman–Crippen MR) is 84.4 cm³/mol. The zero-order valence-electron chi connectivity index (χ0n) is 11.7. The molecule has 0 atom stereocenters. The highest BCUT2D eigenvalue weighted by molar-refractivity contribution is 7.91. The molecular formula is C15H16N2O4S. The van der Waals surface area contributed by atoms with E-state index < -0.39 is 28.1 Å². The van der Waals surface area contributed by atoms with E-state index in [9.17, 15) is 13.2 Å². The van der Waals surface area contributed by atoms with Crippen LogP contribution in [-0.2, 0) is 9.84 Å². The number of carbonyl (C=O) groups is 1. The third-order valence-electron chi connectivity index (χ3n) is 3.04. The molecule has 0 bridgehead atoms. The molecule has 0 aromatic heterocycles. The molecule has 7 heteroatoms. The van der Waals surface area contributed by atoms with Gasteiger partial charge in [0, 0.05) is 5.69 Å². The zero-order chi connectivity index (χ0) is 16.2. The highest BCUT2D eigenvalue weighted by Crippen LogP contribution is 2.24. The van der Waals surface area contributed by atoms with Gasteiger partial charge < -0.3 is 16.2 Å². The molecule has 0 spiro atoms. The molecular weight excluding hydrogens is 304 g/mol. The van der Waals surface area contributed by atoms with Gasteiger partial charge in [-0.1, -0.05) is 24.3 Å². The summed E-state index contributed by atoms with van der Waals surface area (Å²) in [6.07, 6.45) is 0. The summed E-state index contributed by atoms with van der Waals surface area (Å²) in [5.41, 5.74) is 6.36. The monoisotopic (exact) mass is 320 g/mol. The van der Waals surface area contributed by atoms with Gasteiger partial charge in [-0.25, -0.2) is 8.42 Å². The number of amides is 1. The summed E-state index contributed by atoms with van der Waals surface area (Å²) in [5, 5.41) is 11.5. The van der Waals surface area contributed by atoms with Crippen LogP contribution in [0.15, 0.2) is 53.4 Å². The second-order valence-corrected chi connectivity index (χ2v) is 6.66. The topological polar surface area (TPSA) is 109 Å². The van der Waals surface area contributed by atoms with Crippen LogP contribution < -0.4 is 11.1 Å². The number of nitrogen functional groups attached to an aromatic ring is 1. The van der Waals surface area contributed by atoms with Gasteiger partial charge in [0.1, 0.15) is 0 Å². The van der Waals surface area contributed by atoms with Crippen LogP contribution in [0.2, 0.25) is 0 Å². The highest BCUT2D eigenvalue weighted by Gasteiger charge is 2.21. The van der Waals surface area contributed by atoms with E-state index in [4.69, 9.17) is 10.8 Å². The van der Waals surface area contributed by atoms with Gasteiger partial charge in [0.25, 0.3) is 5.91 Å². The van der Waals surface area contributed by atoms with E-state index in [0.29, 0.717) is 5.69 Å². The van der Waals surface area contributed by atoms with Gasteiger partial charge >= 0.3 is 0 Å². The van der Waals surface area contributed by atoms with Crippen molar-refractivity contribution in [2.45, 2.75) is 4.90 Å². The summed E-state index contributed by atoms with van der Waals surface area (Å²) < 4.78 is 24.0. The van der Waals surface area contributed by atoms with Crippen molar-refractivity contribution >= 4 is 27.1 Å². The van der Waals surface area contributed by atoms with Crippen LogP contribution in [0.5, 0.6) is 0 Å². The third-order valence-corrected chi connectivity index (χ3v) is 4.78. The van der Waals surface area contributed by atoms with Crippen LogP contribution in [0, 0.1) is 0 Å². The first-order chi connectivity index (χ1) is 10.5. The molecule has 6 nitrogen and oxygen atoms in total. The van der Waals surface area contributed by atoms with Crippen LogP contribution in [0.1, 0.15) is 10.4 Å². The number of hydrogen-bond acceptors (Lipinski definition) is 5. The molecule has 0 radical (unpaired) electrons. The Morgan fingerprint density at radius 1 is 1.09 bits per heavy atom. The average molecular weight is 320 g/mol. The molecule has 0 heterocycles. The molecule has 0 saturated carbocycles. The maximum absolute atomic E-state index is 12.2. The molecule has 22 heavy (non-hydrogen) atoms. The van der Waals surface area contributed by atoms with Gasteiger partial charge in [0.05, 0.1) is 28.5 Å². The molecule has 4 N–H and O–H groups in total. The molecule has 2 aromatic carbocycles. The van der Waals surface area contributed by atoms with Gasteiger partial charge in [0.15, 0.2) is 9.84 Å². The summed E-state index contributed by atoms with van der Waals surface area (Å²) in [6.45, 7) is -0.512. The number of anilines is 2. The van der Waals surface area contributed by atoms with Crippen molar-refractivity contribution < 1.29 is 18.3 Å². The maximum Gasteiger partial charge on any atom is 0.257 e. The van der Waals surface area contributed by atoms with Gasteiger partial charge in [-0.3, -0.25) is 4.79 Å². The van der Waals surface area contributed by atoms with Gasteiger partial charge in [-0.15, -0.1) is 0 Å². The summed E-state index contributed by atoms with van der Waals surface area (Å²) in [5.74, 6) is -0.939. The number of nitrogens with one attached hydrogen (secondary N) is 1. The van der Waals surface area contributed by atoms with Crippen molar-refractivity contribution in [3.05, 3.63) is 54.1 Å². The second kappa shape index (κ2) is 6.59. The summed E-state index contributed by atoms with van der Waals surface area (Å²) in [7, 11) is -3.72. The first-order valence-corrected chi connectivity index (χ1v) is 8.19. The van der Waals surface area contributed by atoms with Crippen LogP contribution >= 0.6 is 0 Å². The normalized spacial score (nSPS) is 11.1. The Kier molecular flexibility index (Phi) is 4.79. The lowest BCUT2D eigenvalue weighted by molar-refractivity contribution is 0.102. The molecule has 0 saturated heterocycles. The number of hydrogen-bond donors (Lipinski definition) is 3. The van der Waals surface area contributed by atoms with Gasteiger partial charge in [-0.2, -0.15) is 0 Å². The number of carbonyl (C=O) groups excluding carboxylic acids is 1. The number of para-hydroxylation sites is 2. The number of aliphatic hydroxyl groups is 1. The molecule has 0 aliphatic heterocycles. The van der Waals surface area contributed by atoms with Crippen molar-refractivity contribution in [3.63, 3.8) is 0 Å². The summed E-state index contributed by atoms with van der Waals surface area (Å²) in [6, 6.07) is 13.0. The largest absolute Gasteiger partial charge is 0.397 e. The van der Waals surface area contributed by atoms with Gasteiger partial charge in [-0.05, 0) is 24.3 Å². The number of benzene rings is 2. The number of rotatable bonds is 5. The zero-order valence-corrected chi connectivity index (χ0v) is 12.5. The van der Waals surface area contributed by atoms with Crippen LogP contribution in [0.3, 0.4) is 0 Å². The van der Waals surface area contributed by atoms with Crippen LogP contribution in [-0.4, -0.2) is 31.8 Å². The van der Waals surface area contributed by atoms with Gasteiger partial charge in [0.2, 0.25) is 0 Å². The number of sulfone groups is 1. The van der Waals surface area contributed by atoms with Crippen LogP contribution in [0.25, 0.3) is 0 Å². The fourth-order valence-corrected chi connectivity index (χ4v) is 3.15. The molecule has 1 amide bonds. The van der Waals surface area contributed by atoms with E-state index in [2.05, 4.69) is 5.32 Å². The molecule has 0 unspecified atom stereocenters. The SMILES string of the molecule is Nc1c(C(=O)Nc2ccccc2)cccc1S(=O)(=O)CCO. The van der Waals surface area contributed by atoms with E-state index >= 15 is 0 Å². The Morgan fingerprint density at radius 3 is 2.41 bits per heavy atom. The number of aliphatic hydroxyl groups excluding tert-OH is 1. The van der Waals surface area contributed by atoms with Crippen LogP contribution in [0.4, 0.5) is 11.4 Å². The first kappa shape index (κ1) is 16.0. The molecule has 116 valence electrons. The summed E-state index contributed by atoms with van der Waals surface area (Å²) in [4.78, 5) is 12.1. The van der Waals surface area contributed by atoms with Crippen molar-refractivity contribution in [1.82, 2.24) is 0 Å². The smallest absolute Gasteiger partial charge is 0.257 e. The fourth-order valence-electron chi connectivity index (χ4n) is 1.96. The fraction of sp³-hybridized carbons (Fsp3) is 0.133. The Bertz CT molecular complexity index is 773. The Labute approximate surface area is 128 Å². The molecule has 0 aliphatic carbocycles. The second-order valence-electron chi connectivity index (χ2n) is 4.58. The Morgan fingerprint density at radius 2 is 1.77 bits per heavy atom. The molecule has 2 aromatic rings. The lowest BCUT2D eigenvalue weighted by atomic mass is 10.1. The van der Waals surface area contributed by atoms with E-state index in [0.717, 1.165) is 0 Å². The minimum atomic E-state index is -3.72. The minimum absolute atomic E-state index is 0.0721. The summed E-state index contributed by atoms with van der Waals surface area (Å²) >= 11 is 0. The number of nitrogens with two attached hydrogens (primary N) is 1. The van der Waals surface area contributed by atoms with Crippen molar-refractivity contribution in [2.24, 2.45) is 0 Å². The molecule has 0 aliphatic rings. The molecule has 2 rings (SSSR count). The van der Waals surface area contributed by atoms with E-state index in [1.165, 1.54) is 18.2 Å². The van der Waals surface area contributed by atoms with E-state index in [-0.39, 0.29) is 16.1 Å². The first-order valence-electron chi connectivity index (χ1n) is 6.54. The highest BCUT2D eigenvalue weighted by atomic mass is 32.2. The third kappa shape index (κ3) is 3.44. The maximum atomic E-state index is 12.2. The molecule has 0 fully saturated rings. The predicted octanol–water partition coefficient (Wildman–Crippen LogP) is 1.29. The lowest BCUT2D eigenvalue weighted by Crippen LogP contribution is -2.18. The van der Waals surface area contributed by atoms with Crippen molar-refractivity contribution in [2.75, 3.05) is 23.4 Å². The van der Waals surface area contributed by atoms with Crippen molar-refractivity contribution in [1.29, 1.82) is 0 Å². The average Bonchev–Trinajstić information content (AvgIpc) is 2.48. The quantitative estimate of drug-likeness (QED) is 0.719. The van der Waals surface area contributed by atoms with Crippen molar-refractivity contribution in [3.8, 4) is 0 Å².